The van der Waals surface area contributed by atoms with Crippen LogP contribution in [0.25, 0.3) is 0 Å². The van der Waals surface area contributed by atoms with Crippen molar-refractivity contribution in [3.8, 4) is 0 Å². The topological polar surface area (TPSA) is 39.1 Å². The van der Waals surface area contributed by atoms with Gasteiger partial charge in [-0.05, 0) is 37.3 Å². The third-order valence-corrected chi connectivity index (χ3v) is 5.19. The number of thiophene rings is 1. The molecule has 0 unspecified atom stereocenters. The Morgan fingerprint density at radius 2 is 2.35 bits per heavy atom. The highest BCUT2D eigenvalue weighted by molar-refractivity contribution is 7.10. The number of nitrogens with one attached hydrogen (secondary N) is 1. The maximum Gasteiger partial charge on any atom is 0.101 e. The van der Waals surface area contributed by atoms with Gasteiger partial charge in [-0.2, -0.15) is 5.10 Å². The number of nitrogens with zero attached hydrogens (tertiary/aromatic N) is 2. The summed E-state index contributed by atoms with van der Waals surface area (Å²) >= 11 is 1.82. The second-order valence-electron chi connectivity index (χ2n) is 5.40. The van der Waals surface area contributed by atoms with Gasteiger partial charge in [0.15, 0.2) is 0 Å². The van der Waals surface area contributed by atoms with Gasteiger partial charge in [-0.15, -0.1) is 11.3 Å². The van der Waals surface area contributed by atoms with Gasteiger partial charge in [0.05, 0.1) is 6.20 Å². The summed E-state index contributed by atoms with van der Waals surface area (Å²) in [5.41, 5.74) is 3.77. The van der Waals surface area contributed by atoms with E-state index in [-0.39, 0.29) is 6.10 Å². The quantitative estimate of drug-likeness (QED) is 0.941. The predicted octanol–water partition coefficient (Wildman–Crippen LogP) is 2.72. The van der Waals surface area contributed by atoms with Crippen molar-refractivity contribution < 1.29 is 4.74 Å². The third-order valence-electron chi connectivity index (χ3n) is 4.16. The van der Waals surface area contributed by atoms with Crippen LogP contribution in [0, 0.1) is 13.8 Å². The summed E-state index contributed by atoms with van der Waals surface area (Å²) in [5, 5.41) is 10.1. The van der Waals surface area contributed by atoms with Crippen molar-refractivity contribution in [1.29, 1.82) is 0 Å². The molecule has 0 amide bonds. The van der Waals surface area contributed by atoms with Crippen LogP contribution >= 0.6 is 11.3 Å². The molecule has 1 saturated heterocycles. The summed E-state index contributed by atoms with van der Waals surface area (Å²) in [7, 11) is 1.98. The lowest BCUT2D eigenvalue weighted by Crippen LogP contribution is -2.31. The monoisotopic (exact) mass is 291 g/mol. The van der Waals surface area contributed by atoms with Crippen molar-refractivity contribution in [2.75, 3.05) is 6.61 Å². The Hall–Kier alpha value is -1.17. The predicted molar refractivity (Wildman–Crippen MR) is 80.9 cm³/mol. The highest BCUT2D eigenvalue weighted by Crippen LogP contribution is 2.31. The molecular weight excluding hydrogens is 270 g/mol. The van der Waals surface area contributed by atoms with Gasteiger partial charge in [-0.1, -0.05) is 0 Å². The molecule has 0 radical (unpaired) electrons. The minimum atomic E-state index is 0.129. The summed E-state index contributed by atoms with van der Waals surface area (Å²) in [4.78, 5) is 1.42. The van der Waals surface area contributed by atoms with Crippen molar-refractivity contribution in [1.82, 2.24) is 15.1 Å². The van der Waals surface area contributed by atoms with Crippen molar-refractivity contribution >= 4 is 11.3 Å². The zero-order chi connectivity index (χ0) is 14.1. The van der Waals surface area contributed by atoms with Crippen molar-refractivity contribution in [3.05, 3.63) is 39.3 Å². The smallest absolute Gasteiger partial charge is 0.101 e. The van der Waals surface area contributed by atoms with Gasteiger partial charge in [0, 0.05) is 42.4 Å². The fourth-order valence-electron chi connectivity index (χ4n) is 2.71. The lowest BCUT2D eigenvalue weighted by Gasteiger charge is -2.19. The fourth-order valence-corrected chi connectivity index (χ4v) is 3.57. The van der Waals surface area contributed by atoms with Crippen LogP contribution in [0.2, 0.25) is 0 Å². The van der Waals surface area contributed by atoms with E-state index in [1.807, 2.05) is 29.3 Å². The maximum atomic E-state index is 5.93. The molecule has 3 heterocycles. The molecule has 5 heteroatoms. The van der Waals surface area contributed by atoms with Crippen LogP contribution in [-0.4, -0.2) is 22.4 Å². The summed E-state index contributed by atoms with van der Waals surface area (Å²) in [6, 6.07) is 2.55. The fraction of sp³-hybridized carbons (Fsp3) is 0.533. The molecule has 20 heavy (non-hydrogen) atoms. The Bertz CT molecular complexity index is 590. The number of aryl methyl sites for hydroxylation is 2. The first-order valence-corrected chi connectivity index (χ1v) is 7.91. The van der Waals surface area contributed by atoms with Crippen molar-refractivity contribution in [3.63, 3.8) is 0 Å². The standard InChI is InChI=1S/C15H21N3OS/c1-10-5-7-20-14(10)9-16-13-4-6-19-15(13)12-8-17-18(3)11(12)2/h5,7-8,13,15-16H,4,6,9H2,1-3H3/t13-,15+/m0/s1. The average molecular weight is 291 g/mol. The Morgan fingerprint density at radius 1 is 1.50 bits per heavy atom. The van der Waals surface area contributed by atoms with Gasteiger partial charge in [0.2, 0.25) is 0 Å². The number of ether oxygens (including phenoxy) is 1. The molecule has 0 aromatic carbocycles. The van der Waals surface area contributed by atoms with Gasteiger partial charge in [-0.3, -0.25) is 4.68 Å². The summed E-state index contributed by atoms with van der Waals surface area (Å²) < 4.78 is 7.85. The van der Waals surface area contributed by atoms with Gasteiger partial charge < -0.3 is 10.1 Å². The van der Waals surface area contributed by atoms with Crippen LogP contribution in [0.3, 0.4) is 0 Å². The lowest BCUT2D eigenvalue weighted by molar-refractivity contribution is 0.0979. The number of aromatic nitrogens is 2. The van der Waals surface area contributed by atoms with Gasteiger partial charge in [0.1, 0.15) is 6.10 Å². The Balaban J connectivity index is 1.70. The van der Waals surface area contributed by atoms with Gasteiger partial charge in [0.25, 0.3) is 0 Å². The molecular formula is C15H21N3OS. The van der Waals surface area contributed by atoms with Crippen LogP contribution in [0.4, 0.5) is 0 Å². The van der Waals surface area contributed by atoms with Gasteiger partial charge in [-0.25, -0.2) is 0 Å². The molecule has 4 nitrogen and oxygen atoms in total. The van der Waals surface area contributed by atoms with Crippen LogP contribution in [0.5, 0.6) is 0 Å². The van der Waals surface area contributed by atoms with E-state index in [2.05, 4.69) is 35.7 Å². The van der Waals surface area contributed by atoms with E-state index in [9.17, 15) is 0 Å². The zero-order valence-corrected chi connectivity index (χ0v) is 13.0. The summed E-state index contributed by atoms with van der Waals surface area (Å²) in [6.07, 6.45) is 3.13. The molecule has 0 spiro atoms. The number of hydrogen-bond donors (Lipinski definition) is 1. The number of hydrogen-bond acceptors (Lipinski definition) is 4. The van der Waals surface area contributed by atoms with Crippen molar-refractivity contribution in [2.45, 2.75) is 39.0 Å². The molecule has 2 aromatic rings. The molecule has 0 saturated carbocycles. The first-order valence-electron chi connectivity index (χ1n) is 7.03. The summed E-state index contributed by atoms with van der Waals surface area (Å²) in [5.74, 6) is 0. The number of rotatable bonds is 4. The molecule has 1 aliphatic heterocycles. The molecule has 2 atom stereocenters. The molecule has 2 aromatic heterocycles. The largest absolute Gasteiger partial charge is 0.372 e. The minimum absolute atomic E-state index is 0.129. The van der Waals surface area contributed by atoms with Gasteiger partial charge >= 0.3 is 0 Å². The first-order chi connectivity index (χ1) is 9.66. The normalized spacial score (nSPS) is 22.6. The molecule has 108 valence electrons. The van der Waals surface area contributed by atoms with Crippen LogP contribution < -0.4 is 5.32 Å². The average Bonchev–Trinajstić information content (AvgIpc) is 3.11. The molecule has 0 bridgehead atoms. The van der Waals surface area contributed by atoms with E-state index in [4.69, 9.17) is 4.74 Å². The van der Waals surface area contributed by atoms with Crippen LogP contribution in [-0.2, 0) is 18.3 Å². The zero-order valence-electron chi connectivity index (χ0n) is 12.2. The minimum Gasteiger partial charge on any atom is -0.372 e. The second kappa shape index (κ2) is 5.68. The van der Waals surface area contributed by atoms with E-state index in [0.717, 1.165) is 19.6 Å². The Kier molecular flexibility index (Phi) is 3.92. The third kappa shape index (κ3) is 2.53. The molecule has 3 rings (SSSR count). The van der Waals surface area contributed by atoms with E-state index in [1.54, 1.807) is 0 Å². The van der Waals surface area contributed by atoms with E-state index >= 15 is 0 Å². The molecule has 0 aliphatic carbocycles. The molecule has 1 aliphatic rings. The Morgan fingerprint density at radius 3 is 3.00 bits per heavy atom. The van der Waals surface area contributed by atoms with E-state index in [0.29, 0.717) is 6.04 Å². The molecule has 1 fully saturated rings. The van der Waals surface area contributed by atoms with Crippen LogP contribution in [0.1, 0.15) is 34.2 Å². The van der Waals surface area contributed by atoms with E-state index in [1.165, 1.54) is 21.7 Å². The second-order valence-corrected chi connectivity index (χ2v) is 6.40. The highest BCUT2D eigenvalue weighted by Gasteiger charge is 2.31. The Labute approximate surface area is 123 Å². The van der Waals surface area contributed by atoms with Crippen LogP contribution in [0.15, 0.2) is 17.6 Å². The van der Waals surface area contributed by atoms with Crippen molar-refractivity contribution in [2.24, 2.45) is 7.05 Å². The summed E-state index contributed by atoms with van der Waals surface area (Å²) in [6.45, 7) is 6.01. The lowest BCUT2D eigenvalue weighted by atomic mass is 10.0. The SMILES string of the molecule is Cc1ccsc1CN[C@H]1CCO[C@@H]1c1cnn(C)c1C. The first kappa shape index (κ1) is 13.8. The van der Waals surface area contributed by atoms with E-state index < -0.39 is 0 Å². The highest BCUT2D eigenvalue weighted by atomic mass is 32.1. The maximum absolute atomic E-state index is 5.93. The molecule has 1 N–H and O–H groups in total.